The quantitative estimate of drug-likeness (QED) is 0.660. The van der Waals surface area contributed by atoms with Crippen molar-refractivity contribution in [3.05, 3.63) is 70.5 Å². The van der Waals surface area contributed by atoms with Gasteiger partial charge in [0.15, 0.2) is 6.29 Å². The Labute approximate surface area is 167 Å². The van der Waals surface area contributed by atoms with Crippen molar-refractivity contribution in [2.24, 2.45) is 0 Å². The lowest BCUT2D eigenvalue weighted by Gasteiger charge is -2.33. The molecule has 3 nitrogen and oxygen atoms in total. The van der Waals surface area contributed by atoms with Crippen molar-refractivity contribution < 1.29 is 40.2 Å². The standard InChI is InChI=1S/C20H18F7NO2/c21-16-14(19(22,23)24)10-12(11-15(16)20(25,26)27)6-8-29-18-17(28-7-9-30-18)13-4-2-1-3-5-13/h1-5,10-11,17-18,28H,6-9H2/t17-,18+/m0/s1. The van der Waals surface area contributed by atoms with Crippen molar-refractivity contribution in [3.63, 3.8) is 0 Å². The number of halogens is 7. The zero-order valence-corrected chi connectivity index (χ0v) is 15.5. The minimum Gasteiger partial charge on any atom is -0.350 e. The number of hydrogen-bond acceptors (Lipinski definition) is 3. The maximum Gasteiger partial charge on any atom is 0.419 e. The van der Waals surface area contributed by atoms with Crippen LogP contribution in [0, 0.1) is 5.82 Å². The van der Waals surface area contributed by atoms with E-state index in [9.17, 15) is 30.7 Å². The number of nitrogens with one attached hydrogen (secondary N) is 1. The zero-order chi connectivity index (χ0) is 21.9. The summed E-state index contributed by atoms with van der Waals surface area (Å²) in [6, 6.07) is 9.56. The van der Waals surface area contributed by atoms with Gasteiger partial charge in [-0.25, -0.2) is 4.39 Å². The largest absolute Gasteiger partial charge is 0.419 e. The van der Waals surface area contributed by atoms with Gasteiger partial charge in [0.2, 0.25) is 0 Å². The molecule has 0 spiro atoms. The van der Waals surface area contributed by atoms with Crippen LogP contribution < -0.4 is 5.32 Å². The molecule has 1 aliphatic rings. The predicted octanol–water partition coefficient (Wildman–Crippen LogP) is 5.11. The third-order valence-corrected chi connectivity index (χ3v) is 4.60. The molecule has 10 heteroatoms. The monoisotopic (exact) mass is 437 g/mol. The van der Waals surface area contributed by atoms with Crippen molar-refractivity contribution >= 4 is 0 Å². The molecule has 0 saturated carbocycles. The van der Waals surface area contributed by atoms with Gasteiger partial charge in [-0.15, -0.1) is 0 Å². The molecule has 1 saturated heterocycles. The Bertz CT molecular complexity index is 817. The molecule has 2 aromatic rings. The van der Waals surface area contributed by atoms with E-state index in [0.717, 1.165) is 5.56 Å². The van der Waals surface area contributed by atoms with Crippen molar-refractivity contribution in [1.82, 2.24) is 5.32 Å². The molecule has 164 valence electrons. The molecule has 2 atom stereocenters. The summed E-state index contributed by atoms with van der Waals surface area (Å²) in [5.41, 5.74) is -3.38. The molecule has 0 radical (unpaired) electrons. The van der Waals surface area contributed by atoms with Gasteiger partial charge in [0.05, 0.1) is 30.4 Å². The second kappa shape index (κ2) is 8.91. The molecule has 2 aromatic carbocycles. The summed E-state index contributed by atoms with van der Waals surface area (Å²) in [6.45, 7) is 0.679. The molecule has 0 aliphatic carbocycles. The average Bonchev–Trinajstić information content (AvgIpc) is 2.68. The van der Waals surface area contributed by atoms with Crippen LogP contribution in [0.15, 0.2) is 42.5 Å². The lowest BCUT2D eigenvalue weighted by atomic mass is 10.0. The van der Waals surface area contributed by atoms with Crippen molar-refractivity contribution in [1.29, 1.82) is 0 Å². The Kier molecular flexibility index (Phi) is 6.68. The van der Waals surface area contributed by atoms with E-state index in [0.29, 0.717) is 25.3 Å². The average molecular weight is 437 g/mol. The number of alkyl halides is 6. The lowest BCUT2D eigenvalue weighted by molar-refractivity contribution is -0.177. The molecule has 0 bridgehead atoms. The first-order valence-electron chi connectivity index (χ1n) is 9.05. The molecule has 0 unspecified atom stereocenters. The Morgan fingerprint density at radius 1 is 0.967 bits per heavy atom. The zero-order valence-electron chi connectivity index (χ0n) is 15.5. The van der Waals surface area contributed by atoms with Crippen LogP contribution in [0.1, 0.15) is 28.3 Å². The summed E-state index contributed by atoms with van der Waals surface area (Å²) in [4.78, 5) is 0. The van der Waals surface area contributed by atoms with Crippen LogP contribution in [0.3, 0.4) is 0 Å². The van der Waals surface area contributed by atoms with Crippen LogP contribution in [0.4, 0.5) is 30.7 Å². The highest BCUT2D eigenvalue weighted by molar-refractivity contribution is 5.35. The van der Waals surface area contributed by atoms with Crippen molar-refractivity contribution in [2.45, 2.75) is 31.1 Å². The SMILES string of the molecule is Fc1c(C(F)(F)F)cc(CCO[C@@H]2OCCN[C@H]2c2ccccc2)cc1C(F)(F)F. The van der Waals surface area contributed by atoms with Crippen LogP contribution in [0.25, 0.3) is 0 Å². The number of ether oxygens (including phenoxy) is 2. The maximum absolute atomic E-state index is 13.8. The van der Waals surface area contributed by atoms with Crippen LogP contribution in [-0.4, -0.2) is 26.0 Å². The highest BCUT2D eigenvalue weighted by atomic mass is 19.4. The van der Waals surface area contributed by atoms with E-state index >= 15 is 0 Å². The molecule has 30 heavy (non-hydrogen) atoms. The Hall–Kier alpha value is -2.17. The van der Waals surface area contributed by atoms with Gasteiger partial charge in [0, 0.05) is 6.54 Å². The van der Waals surface area contributed by atoms with Crippen molar-refractivity contribution in [3.8, 4) is 0 Å². The normalized spacial score (nSPS) is 20.4. The molecule has 1 N–H and O–H groups in total. The third kappa shape index (κ3) is 5.30. The molecule has 0 aromatic heterocycles. The van der Waals surface area contributed by atoms with Crippen LogP contribution >= 0.6 is 0 Å². The fourth-order valence-corrected chi connectivity index (χ4v) is 3.20. The number of hydrogen-bond donors (Lipinski definition) is 1. The molecular formula is C20H18F7NO2. The van der Waals surface area contributed by atoms with Crippen LogP contribution in [-0.2, 0) is 28.2 Å². The Morgan fingerprint density at radius 2 is 1.57 bits per heavy atom. The van der Waals surface area contributed by atoms with Gasteiger partial charge >= 0.3 is 12.4 Å². The van der Waals surface area contributed by atoms with Crippen LogP contribution in [0.2, 0.25) is 0 Å². The second-order valence-corrected chi connectivity index (χ2v) is 6.70. The molecule has 0 amide bonds. The van der Waals surface area contributed by atoms with Gasteiger partial charge in [-0.2, -0.15) is 26.3 Å². The predicted molar refractivity (Wildman–Crippen MR) is 93.0 cm³/mol. The smallest absolute Gasteiger partial charge is 0.350 e. The van der Waals surface area contributed by atoms with Gasteiger partial charge in [0.1, 0.15) is 5.82 Å². The minimum atomic E-state index is -5.25. The van der Waals surface area contributed by atoms with Gasteiger partial charge in [-0.05, 0) is 29.7 Å². The first-order chi connectivity index (χ1) is 14.1. The molecule has 3 rings (SSSR count). The second-order valence-electron chi connectivity index (χ2n) is 6.70. The fraction of sp³-hybridized carbons (Fsp3) is 0.400. The molecule has 1 aliphatic heterocycles. The van der Waals surface area contributed by atoms with E-state index in [1.165, 1.54) is 0 Å². The maximum atomic E-state index is 13.8. The molecular weight excluding hydrogens is 419 g/mol. The van der Waals surface area contributed by atoms with E-state index < -0.39 is 35.6 Å². The highest BCUT2D eigenvalue weighted by Gasteiger charge is 2.42. The summed E-state index contributed by atoms with van der Waals surface area (Å²) in [6.07, 6.45) is -11.6. The van der Waals surface area contributed by atoms with E-state index in [4.69, 9.17) is 9.47 Å². The summed E-state index contributed by atoms with van der Waals surface area (Å²) in [7, 11) is 0. The van der Waals surface area contributed by atoms with Gasteiger partial charge in [-0.1, -0.05) is 30.3 Å². The third-order valence-electron chi connectivity index (χ3n) is 4.60. The van der Waals surface area contributed by atoms with E-state index in [1.807, 2.05) is 30.3 Å². The fourth-order valence-electron chi connectivity index (χ4n) is 3.20. The Balaban J connectivity index is 1.75. The summed E-state index contributed by atoms with van der Waals surface area (Å²) < 4.78 is 103. The number of rotatable bonds is 5. The Morgan fingerprint density at radius 3 is 2.13 bits per heavy atom. The minimum absolute atomic E-state index is 0.212. The number of morpholine rings is 1. The molecule has 1 heterocycles. The van der Waals surface area contributed by atoms with E-state index in [1.54, 1.807) is 0 Å². The number of benzene rings is 2. The summed E-state index contributed by atoms with van der Waals surface area (Å²) in [5, 5.41) is 3.20. The molecule has 1 fully saturated rings. The van der Waals surface area contributed by atoms with Gasteiger partial charge in [-0.3, -0.25) is 0 Å². The first-order valence-corrected chi connectivity index (χ1v) is 9.05. The van der Waals surface area contributed by atoms with Gasteiger partial charge in [0.25, 0.3) is 0 Å². The lowest BCUT2D eigenvalue weighted by Crippen LogP contribution is -2.43. The topological polar surface area (TPSA) is 30.5 Å². The summed E-state index contributed by atoms with van der Waals surface area (Å²) >= 11 is 0. The van der Waals surface area contributed by atoms with E-state index in [-0.39, 0.29) is 24.6 Å². The van der Waals surface area contributed by atoms with Crippen molar-refractivity contribution in [2.75, 3.05) is 19.8 Å². The highest BCUT2D eigenvalue weighted by Crippen LogP contribution is 2.39. The summed E-state index contributed by atoms with van der Waals surface area (Å²) in [5.74, 6) is -2.33. The van der Waals surface area contributed by atoms with E-state index in [2.05, 4.69) is 5.32 Å². The first kappa shape index (κ1) is 22.5. The van der Waals surface area contributed by atoms with Gasteiger partial charge < -0.3 is 14.8 Å². The van der Waals surface area contributed by atoms with Crippen LogP contribution in [0.5, 0.6) is 0 Å².